The number of hydrogen-bond acceptors (Lipinski definition) is 4. The van der Waals surface area contributed by atoms with Gasteiger partial charge in [-0.15, -0.1) is 0 Å². The molecule has 0 radical (unpaired) electrons. The number of nitriles is 1. The van der Waals surface area contributed by atoms with Gasteiger partial charge in [0.1, 0.15) is 0 Å². The number of pyridine rings is 1. The number of nitrogens with zero attached hydrogens (tertiary/aromatic N) is 4. The quantitative estimate of drug-likeness (QED) is 0.833. The molecule has 1 atom stereocenters. The lowest BCUT2D eigenvalue weighted by molar-refractivity contribution is -0.137. The smallest absolute Gasteiger partial charge is 0.239 e. The minimum atomic E-state index is -0.0765. The van der Waals surface area contributed by atoms with Gasteiger partial charge in [-0.1, -0.05) is 24.6 Å². The number of likely N-dealkylation sites (tertiary alicyclic amines) is 1. The lowest BCUT2D eigenvalue weighted by atomic mass is 10.00. The van der Waals surface area contributed by atoms with Crippen LogP contribution in [0.3, 0.4) is 0 Å². The van der Waals surface area contributed by atoms with E-state index in [4.69, 9.17) is 5.26 Å². The fraction of sp³-hybridized carbons (Fsp3) is 0.381. The van der Waals surface area contributed by atoms with E-state index >= 15 is 0 Å². The molecule has 0 aliphatic carbocycles. The summed E-state index contributed by atoms with van der Waals surface area (Å²) >= 11 is 0. The number of carbonyl (C=O) groups is 1. The number of rotatable bonds is 5. The van der Waals surface area contributed by atoms with Crippen molar-refractivity contribution in [3.63, 3.8) is 0 Å². The summed E-state index contributed by atoms with van der Waals surface area (Å²) in [5, 5.41) is 8.89. The largest absolute Gasteiger partial charge is 0.340 e. The minimum Gasteiger partial charge on any atom is -0.340 e. The Morgan fingerprint density at radius 1 is 1.27 bits per heavy atom. The molecule has 26 heavy (non-hydrogen) atoms. The summed E-state index contributed by atoms with van der Waals surface area (Å²) in [4.78, 5) is 21.3. The summed E-state index contributed by atoms with van der Waals surface area (Å²) in [5.41, 5.74) is 2.81. The average molecular weight is 348 g/mol. The topological polar surface area (TPSA) is 60.2 Å². The van der Waals surface area contributed by atoms with Gasteiger partial charge in [-0.05, 0) is 48.7 Å². The Morgan fingerprint density at radius 3 is 2.77 bits per heavy atom. The standard InChI is InChI=1S/C21H24N4O/c1-24(15-18-9-7-17(13-22)8-10-18)21(26)20-6-2-3-12-25(20)16-19-5-4-11-23-14-19/h4-5,7-11,14,20H,2-3,6,12,15-16H2,1H3/t20-/m0/s1. The van der Waals surface area contributed by atoms with E-state index in [1.54, 1.807) is 23.2 Å². The summed E-state index contributed by atoms with van der Waals surface area (Å²) in [6.07, 6.45) is 6.76. The molecule has 1 aliphatic heterocycles. The number of aromatic nitrogens is 1. The van der Waals surface area contributed by atoms with Crippen LogP contribution in [0.2, 0.25) is 0 Å². The van der Waals surface area contributed by atoms with E-state index in [1.165, 1.54) is 0 Å². The molecule has 1 aromatic heterocycles. The van der Waals surface area contributed by atoms with Crippen LogP contribution < -0.4 is 0 Å². The zero-order chi connectivity index (χ0) is 18.4. The van der Waals surface area contributed by atoms with E-state index < -0.39 is 0 Å². The van der Waals surface area contributed by atoms with E-state index in [0.717, 1.165) is 43.5 Å². The summed E-state index contributed by atoms with van der Waals surface area (Å²) in [6, 6.07) is 13.5. The molecule has 1 fully saturated rings. The minimum absolute atomic E-state index is 0.0765. The molecule has 134 valence electrons. The van der Waals surface area contributed by atoms with Crippen molar-refractivity contribution in [2.24, 2.45) is 0 Å². The first-order chi connectivity index (χ1) is 12.7. The van der Waals surface area contributed by atoms with Crippen LogP contribution in [-0.4, -0.2) is 40.3 Å². The van der Waals surface area contributed by atoms with Gasteiger partial charge in [0.25, 0.3) is 0 Å². The predicted molar refractivity (Wildman–Crippen MR) is 99.9 cm³/mol. The second kappa shape index (κ2) is 8.59. The van der Waals surface area contributed by atoms with Gasteiger partial charge in [0.05, 0.1) is 17.7 Å². The molecule has 1 amide bonds. The predicted octanol–water partition coefficient (Wildman–Crippen LogP) is 2.97. The van der Waals surface area contributed by atoms with Gasteiger partial charge in [0.2, 0.25) is 5.91 Å². The third kappa shape index (κ3) is 4.47. The number of benzene rings is 1. The van der Waals surface area contributed by atoms with Gasteiger partial charge in [-0.25, -0.2) is 0 Å². The SMILES string of the molecule is CN(Cc1ccc(C#N)cc1)C(=O)[C@@H]1CCCCN1Cc1cccnc1. The normalized spacial score (nSPS) is 17.5. The molecule has 0 N–H and O–H groups in total. The van der Waals surface area contributed by atoms with Crippen LogP contribution >= 0.6 is 0 Å². The maximum atomic E-state index is 13.0. The number of piperidine rings is 1. The first-order valence-corrected chi connectivity index (χ1v) is 9.04. The highest BCUT2D eigenvalue weighted by molar-refractivity contribution is 5.81. The van der Waals surface area contributed by atoms with Gasteiger partial charge < -0.3 is 4.90 Å². The van der Waals surface area contributed by atoms with Gasteiger partial charge in [-0.3, -0.25) is 14.7 Å². The van der Waals surface area contributed by atoms with Crippen molar-refractivity contribution in [1.82, 2.24) is 14.8 Å². The van der Waals surface area contributed by atoms with Crippen molar-refractivity contribution in [1.29, 1.82) is 5.26 Å². The first-order valence-electron chi connectivity index (χ1n) is 9.04. The molecule has 0 bridgehead atoms. The van der Waals surface area contributed by atoms with Crippen molar-refractivity contribution in [2.45, 2.75) is 38.4 Å². The summed E-state index contributed by atoms with van der Waals surface area (Å²) in [5.74, 6) is 0.165. The van der Waals surface area contributed by atoms with Crippen LogP contribution in [0.4, 0.5) is 0 Å². The van der Waals surface area contributed by atoms with Crippen LogP contribution in [0.5, 0.6) is 0 Å². The Kier molecular flexibility index (Phi) is 5.98. The molecular weight excluding hydrogens is 324 g/mol. The maximum Gasteiger partial charge on any atom is 0.239 e. The summed E-state index contributed by atoms with van der Waals surface area (Å²) in [6.45, 7) is 2.26. The number of hydrogen-bond donors (Lipinski definition) is 0. The Balaban J connectivity index is 1.66. The maximum absolute atomic E-state index is 13.0. The lowest BCUT2D eigenvalue weighted by Gasteiger charge is -2.36. The highest BCUT2D eigenvalue weighted by Gasteiger charge is 2.30. The number of likely N-dealkylation sites (N-methyl/N-ethyl adjacent to an activating group) is 1. The van der Waals surface area contributed by atoms with E-state index in [9.17, 15) is 4.79 Å². The Labute approximate surface area is 154 Å². The summed E-state index contributed by atoms with van der Waals surface area (Å²) in [7, 11) is 1.86. The third-order valence-corrected chi connectivity index (χ3v) is 4.89. The van der Waals surface area contributed by atoms with Crippen LogP contribution in [0.1, 0.15) is 36.0 Å². The first kappa shape index (κ1) is 18.1. The number of amides is 1. The Hall–Kier alpha value is -2.71. The average Bonchev–Trinajstić information content (AvgIpc) is 2.69. The molecule has 3 rings (SSSR count). The van der Waals surface area contributed by atoms with E-state index in [2.05, 4.69) is 22.0 Å². The zero-order valence-electron chi connectivity index (χ0n) is 15.1. The molecule has 0 saturated carbocycles. The fourth-order valence-electron chi connectivity index (χ4n) is 3.48. The van der Waals surface area contributed by atoms with E-state index in [1.807, 2.05) is 31.4 Å². The Bertz CT molecular complexity index is 767. The van der Waals surface area contributed by atoms with Gasteiger partial charge in [0.15, 0.2) is 0 Å². The van der Waals surface area contributed by atoms with Crippen molar-refractivity contribution in [2.75, 3.05) is 13.6 Å². The monoisotopic (exact) mass is 348 g/mol. The van der Waals surface area contributed by atoms with Crippen molar-refractivity contribution in [3.8, 4) is 6.07 Å². The van der Waals surface area contributed by atoms with Crippen LogP contribution in [-0.2, 0) is 17.9 Å². The van der Waals surface area contributed by atoms with Gasteiger partial charge in [-0.2, -0.15) is 5.26 Å². The molecule has 0 spiro atoms. The second-order valence-corrected chi connectivity index (χ2v) is 6.85. The second-order valence-electron chi connectivity index (χ2n) is 6.85. The fourth-order valence-corrected chi connectivity index (χ4v) is 3.48. The van der Waals surface area contributed by atoms with Crippen molar-refractivity contribution >= 4 is 5.91 Å². The molecule has 2 heterocycles. The lowest BCUT2D eigenvalue weighted by Crippen LogP contribution is -2.49. The van der Waals surface area contributed by atoms with Crippen LogP contribution in [0.25, 0.3) is 0 Å². The molecule has 1 saturated heterocycles. The van der Waals surface area contributed by atoms with Crippen molar-refractivity contribution in [3.05, 3.63) is 65.5 Å². The van der Waals surface area contributed by atoms with E-state index in [-0.39, 0.29) is 11.9 Å². The van der Waals surface area contributed by atoms with Gasteiger partial charge in [0, 0.05) is 32.5 Å². The molecule has 0 unspecified atom stereocenters. The molecule has 5 nitrogen and oxygen atoms in total. The van der Waals surface area contributed by atoms with Crippen molar-refractivity contribution < 1.29 is 4.79 Å². The molecule has 5 heteroatoms. The van der Waals surface area contributed by atoms with Crippen LogP contribution in [0.15, 0.2) is 48.8 Å². The molecular formula is C21H24N4O. The van der Waals surface area contributed by atoms with Crippen LogP contribution in [0, 0.1) is 11.3 Å². The zero-order valence-corrected chi connectivity index (χ0v) is 15.1. The highest BCUT2D eigenvalue weighted by atomic mass is 16.2. The Morgan fingerprint density at radius 2 is 2.08 bits per heavy atom. The number of carbonyl (C=O) groups excluding carboxylic acids is 1. The molecule has 2 aromatic rings. The van der Waals surface area contributed by atoms with Gasteiger partial charge >= 0.3 is 0 Å². The van der Waals surface area contributed by atoms with E-state index in [0.29, 0.717) is 12.1 Å². The highest BCUT2D eigenvalue weighted by Crippen LogP contribution is 2.21. The molecule has 1 aromatic carbocycles. The summed E-state index contributed by atoms with van der Waals surface area (Å²) < 4.78 is 0. The molecule has 1 aliphatic rings. The third-order valence-electron chi connectivity index (χ3n) is 4.89.